The van der Waals surface area contributed by atoms with E-state index < -0.39 is 0 Å². The van der Waals surface area contributed by atoms with Crippen molar-refractivity contribution in [2.75, 3.05) is 6.54 Å². The van der Waals surface area contributed by atoms with Gasteiger partial charge in [0.25, 0.3) is 0 Å². The molecule has 120 valence electrons. The maximum atomic E-state index is 9.79. The molecular weight excluding hydrogens is 250 g/mol. The Morgan fingerprint density at radius 3 is 2.35 bits per heavy atom. The number of allylic oxidation sites excluding steroid dienone is 1. The van der Waals surface area contributed by atoms with Crippen LogP contribution >= 0.6 is 0 Å². The second kappa shape index (κ2) is 16.7. The molecule has 0 aliphatic heterocycles. The van der Waals surface area contributed by atoms with Gasteiger partial charge in [-0.3, -0.25) is 0 Å². The van der Waals surface area contributed by atoms with E-state index in [9.17, 15) is 5.11 Å². The summed E-state index contributed by atoms with van der Waals surface area (Å²) in [5, 5.41) is 18.2. The SMILES string of the molecule is CCCCCCC(O)C/C=C/CCCCCCCNO. The predicted octanol–water partition coefficient (Wildman–Crippen LogP) is 4.58. The molecule has 0 aliphatic carbocycles. The molecule has 0 radical (unpaired) electrons. The standard InChI is InChI=1S/C17H35NO2/c1-2-3-4-11-14-17(19)15-12-9-7-5-6-8-10-13-16-18-20/h9,12,17-20H,2-8,10-11,13-16H2,1H3/b12-9+. The Morgan fingerprint density at radius 1 is 0.900 bits per heavy atom. The second-order valence-corrected chi connectivity index (χ2v) is 5.67. The lowest BCUT2D eigenvalue weighted by Gasteiger charge is -2.07. The molecule has 0 amide bonds. The Labute approximate surface area is 125 Å². The van der Waals surface area contributed by atoms with Crippen LogP contribution in [0.4, 0.5) is 0 Å². The van der Waals surface area contributed by atoms with Gasteiger partial charge in [0.15, 0.2) is 0 Å². The molecule has 0 heterocycles. The molecule has 0 saturated heterocycles. The highest BCUT2D eigenvalue weighted by Crippen LogP contribution is 2.09. The van der Waals surface area contributed by atoms with Crippen molar-refractivity contribution in [3.05, 3.63) is 12.2 Å². The molecule has 3 N–H and O–H groups in total. The maximum absolute atomic E-state index is 9.79. The van der Waals surface area contributed by atoms with Gasteiger partial charge in [0.2, 0.25) is 0 Å². The van der Waals surface area contributed by atoms with Crippen LogP contribution in [0.2, 0.25) is 0 Å². The van der Waals surface area contributed by atoms with E-state index in [1.165, 1.54) is 44.9 Å². The van der Waals surface area contributed by atoms with E-state index >= 15 is 0 Å². The van der Waals surface area contributed by atoms with E-state index in [1.807, 2.05) is 0 Å². The van der Waals surface area contributed by atoms with Crippen molar-refractivity contribution in [1.82, 2.24) is 5.48 Å². The first-order chi connectivity index (χ1) is 9.81. The lowest BCUT2D eigenvalue weighted by molar-refractivity contribution is 0.163. The highest BCUT2D eigenvalue weighted by atomic mass is 16.5. The van der Waals surface area contributed by atoms with Crippen molar-refractivity contribution in [3.8, 4) is 0 Å². The molecule has 3 nitrogen and oxygen atoms in total. The molecule has 0 aromatic carbocycles. The number of hydrogen-bond donors (Lipinski definition) is 3. The van der Waals surface area contributed by atoms with Crippen LogP contribution in [0.1, 0.15) is 84.0 Å². The first-order valence-corrected chi connectivity index (χ1v) is 8.51. The minimum atomic E-state index is -0.144. The van der Waals surface area contributed by atoms with E-state index in [1.54, 1.807) is 0 Å². The van der Waals surface area contributed by atoms with Crippen molar-refractivity contribution >= 4 is 0 Å². The molecule has 0 saturated carbocycles. The number of unbranched alkanes of at least 4 members (excludes halogenated alkanes) is 8. The highest BCUT2D eigenvalue weighted by molar-refractivity contribution is 4.83. The van der Waals surface area contributed by atoms with E-state index in [0.717, 1.165) is 32.1 Å². The Morgan fingerprint density at radius 2 is 1.60 bits per heavy atom. The normalized spacial score (nSPS) is 13.2. The topological polar surface area (TPSA) is 52.5 Å². The minimum absolute atomic E-state index is 0.144. The second-order valence-electron chi connectivity index (χ2n) is 5.67. The van der Waals surface area contributed by atoms with Gasteiger partial charge in [-0.25, -0.2) is 5.48 Å². The van der Waals surface area contributed by atoms with Gasteiger partial charge >= 0.3 is 0 Å². The molecular formula is C17H35NO2. The monoisotopic (exact) mass is 285 g/mol. The third kappa shape index (κ3) is 15.7. The number of aliphatic hydroxyl groups excluding tert-OH is 1. The predicted molar refractivity (Wildman–Crippen MR) is 86.0 cm³/mol. The van der Waals surface area contributed by atoms with Gasteiger partial charge < -0.3 is 10.3 Å². The molecule has 1 atom stereocenters. The van der Waals surface area contributed by atoms with E-state index in [4.69, 9.17) is 5.21 Å². The van der Waals surface area contributed by atoms with Crippen LogP contribution < -0.4 is 5.48 Å². The summed E-state index contributed by atoms with van der Waals surface area (Å²) in [6.07, 6.45) is 18.0. The Bertz CT molecular complexity index is 207. The Hall–Kier alpha value is -0.380. The first-order valence-electron chi connectivity index (χ1n) is 8.51. The number of aliphatic hydroxyl groups is 1. The molecule has 0 aromatic heterocycles. The quantitative estimate of drug-likeness (QED) is 0.234. The fourth-order valence-corrected chi connectivity index (χ4v) is 2.29. The third-order valence-corrected chi connectivity index (χ3v) is 3.63. The highest BCUT2D eigenvalue weighted by Gasteiger charge is 2.00. The lowest BCUT2D eigenvalue weighted by Crippen LogP contribution is -2.07. The summed E-state index contributed by atoms with van der Waals surface area (Å²) in [5.41, 5.74) is 2.18. The molecule has 0 aliphatic rings. The van der Waals surface area contributed by atoms with E-state index in [0.29, 0.717) is 6.54 Å². The fraction of sp³-hybridized carbons (Fsp3) is 0.882. The molecule has 3 heteroatoms. The van der Waals surface area contributed by atoms with Crippen LogP contribution in [-0.2, 0) is 0 Å². The molecule has 0 aromatic rings. The number of hydrogen-bond acceptors (Lipinski definition) is 3. The number of hydroxylamine groups is 1. The van der Waals surface area contributed by atoms with Gasteiger partial charge in [-0.1, -0.05) is 64.0 Å². The molecule has 0 fully saturated rings. The van der Waals surface area contributed by atoms with Crippen LogP contribution in [-0.4, -0.2) is 23.0 Å². The summed E-state index contributed by atoms with van der Waals surface area (Å²) in [4.78, 5) is 0. The summed E-state index contributed by atoms with van der Waals surface area (Å²) in [6.45, 7) is 2.92. The maximum Gasteiger partial charge on any atom is 0.0574 e. The smallest absolute Gasteiger partial charge is 0.0574 e. The largest absolute Gasteiger partial charge is 0.393 e. The zero-order valence-electron chi connectivity index (χ0n) is 13.3. The van der Waals surface area contributed by atoms with Gasteiger partial charge in [0.05, 0.1) is 6.10 Å². The third-order valence-electron chi connectivity index (χ3n) is 3.63. The Kier molecular flexibility index (Phi) is 16.4. The zero-order valence-corrected chi connectivity index (χ0v) is 13.3. The minimum Gasteiger partial charge on any atom is -0.393 e. The van der Waals surface area contributed by atoms with Gasteiger partial charge in [-0.15, -0.1) is 0 Å². The molecule has 0 spiro atoms. The van der Waals surface area contributed by atoms with E-state index in [2.05, 4.69) is 24.6 Å². The summed E-state index contributed by atoms with van der Waals surface area (Å²) >= 11 is 0. The van der Waals surface area contributed by atoms with Gasteiger partial charge in [-0.2, -0.15) is 0 Å². The lowest BCUT2D eigenvalue weighted by atomic mass is 10.1. The van der Waals surface area contributed by atoms with Crippen molar-refractivity contribution in [3.63, 3.8) is 0 Å². The van der Waals surface area contributed by atoms with Gasteiger partial charge in [0.1, 0.15) is 0 Å². The van der Waals surface area contributed by atoms with Crippen LogP contribution in [0, 0.1) is 0 Å². The zero-order chi connectivity index (χ0) is 14.9. The van der Waals surface area contributed by atoms with Crippen molar-refractivity contribution in [1.29, 1.82) is 0 Å². The summed E-state index contributed by atoms with van der Waals surface area (Å²) < 4.78 is 0. The van der Waals surface area contributed by atoms with Crippen LogP contribution in [0.15, 0.2) is 12.2 Å². The summed E-state index contributed by atoms with van der Waals surface area (Å²) in [6, 6.07) is 0. The molecule has 20 heavy (non-hydrogen) atoms. The van der Waals surface area contributed by atoms with Crippen LogP contribution in [0.3, 0.4) is 0 Å². The Balaban J connectivity index is 3.21. The van der Waals surface area contributed by atoms with Crippen LogP contribution in [0.5, 0.6) is 0 Å². The van der Waals surface area contributed by atoms with Crippen molar-refractivity contribution in [2.45, 2.75) is 90.1 Å². The average molecular weight is 285 g/mol. The molecule has 0 bridgehead atoms. The average Bonchev–Trinajstić information content (AvgIpc) is 2.45. The fourth-order valence-electron chi connectivity index (χ4n) is 2.29. The van der Waals surface area contributed by atoms with Crippen LogP contribution in [0.25, 0.3) is 0 Å². The first kappa shape index (κ1) is 19.6. The van der Waals surface area contributed by atoms with Crippen molar-refractivity contribution < 1.29 is 10.3 Å². The molecule has 1 unspecified atom stereocenters. The van der Waals surface area contributed by atoms with Gasteiger partial charge in [-0.05, 0) is 32.1 Å². The van der Waals surface area contributed by atoms with E-state index in [-0.39, 0.29) is 6.10 Å². The summed E-state index contributed by atoms with van der Waals surface area (Å²) in [7, 11) is 0. The van der Waals surface area contributed by atoms with Crippen molar-refractivity contribution in [2.24, 2.45) is 0 Å². The molecule has 0 rings (SSSR count). The number of rotatable bonds is 15. The number of nitrogens with one attached hydrogen (secondary N) is 1. The summed E-state index contributed by atoms with van der Waals surface area (Å²) in [5.74, 6) is 0. The van der Waals surface area contributed by atoms with Gasteiger partial charge in [0, 0.05) is 6.54 Å².